The minimum absolute atomic E-state index is 0.0364. The van der Waals surface area contributed by atoms with Crippen molar-refractivity contribution in [3.8, 4) is 5.75 Å². The van der Waals surface area contributed by atoms with Crippen molar-refractivity contribution in [3.05, 3.63) is 68.6 Å². The van der Waals surface area contributed by atoms with Crippen molar-refractivity contribution in [2.75, 3.05) is 25.0 Å². The Kier molecular flexibility index (Phi) is 5.36. The van der Waals surface area contributed by atoms with Gasteiger partial charge in [0.05, 0.1) is 5.69 Å². The number of amides is 1. The molecule has 8 heteroatoms. The predicted molar refractivity (Wildman–Crippen MR) is 123 cm³/mol. The molecule has 0 atom stereocenters. The molecule has 1 aromatic heterocycles. The quantitative estimate of drug-likeness (QED) is 0.660. The summed E-state index contributed by atoms with van der Waals surface area (Å²) in [6, 6.07) is 4.82. The van der Waals surface area contributed by atoms with E-state index in [-0.39, 0.29) is 23.1 Å². The lowest BCUT2D eigenvalue weighted by Crippen LogP contribution is -2.42. The number of likely N-dealkylation sites (tertiary alicyclic amines) is 1. The van der Waals surface area contributed by atoms with Crippen LogP contribution >= 0.6 is 0 Å². The van der Waals surface area contributed by atoms with Gasteiger partial charge in [-0.2, -0.15) is 0 Å². The summed E-state index contributed by atoms with van der Waals surface area (Å²) in [5.74, 6) is -3.05. The van der Waals surface area contributed by atoms with Crippen molar-refractivity contribution in [1.29, 1.82) is 0 Å². The summed E-state index contributed by atoms with van der Waals surface area (Å²) in [4.78, 5) is 28.3. The Bertz CT molecular complexity index is 1270. The molecule has 2 fully saturated rings. The van der Waals surface area contributed by atoms with Crippen LogP contribution in [-0.4, -0.2) is 36.1 Å². The Morgan fingerprint density at radius 2 is 1.85 bits per heavy atom. The summed E-state index contributed by atoms with van der Waals surface area (Å²) in [7, 11) is 1.72. The molecule has 0 unspecified atom stereocenters. The first-order valence-electron chi connectivity index (χ1n) is 11.5. The fourth-order valence-electron chi connectivity index (χ4n) is 4.95. The molecule has 3 heterocycles. The van der Waals surface area contributed by atoms with E-state index in [0.717, 1.165) is 31.6 Å². The molecule has 1 aromatic carbocycles. The number of halogens is 2. The molecule has 2 aliphatic heterocycles. The second-order valence-electron chi connectivity index (χ2n) is 9.47. The van der Waals surface area contributed by atoms with Crippen molar-refractivity contribution in [1.82, 2.24) is 4.90 Å². The number of likely N-dealkylation sites (N-methyl/N-ethyl adjacent to an activating group) is 1. The van der Waals surface area contributed by atoms with Crippen LogP contribution in [0.5, 0.6) is 5.75 Å². The lowest BCUT2D eigenvalue weighted by molar-refractivity contribution is -0.128. The topological polar surface area (TPSA) is 74.0 Å². The first-order valence-corrected chi connectivity index (χ1v) is 11.5. The molecule has 5 rings (SSSR count). The number of hydrogen-bond donors (Lipinski definition) is 1. The van der Waals surface area contributed by atoms with Crippen LogP contribution in [0.25, 0.3) is 6.08 Å². The summed E-state index contributed by atoms with van der Waals surface area (Å²) >= 11 is 0. The number of rotatable bonds is 4. The SMILES string of the molecule is CN1C(C(=O)N2CCC(c3cc(=O)occ3O)CC2)=C=Cc2c1cc(C1CC1)cc2C(C)(F)F. The van der Waals surface area contributed by atoms with Crippen LogP contribution in [0.3, 0.4) is 0 Å². The highest BCUT2D eigenvalue weighted by molar-refractivity contribution is 5.99. The number of aromatic hydroxyl groups is 1. The molecule has 6 nitrogen and oxygen atoms in total. The van der Waals surface area contributed by atoms with Crippen LogP contribution in [0.1, 0.15) is 66.7 Å². The Morgan fingerprint density at radius 3 is 2.50 bits per heavy atom. The number of anilines is 1. The maximum Gasteiger partial charge on any atom is 0.336 e. The van der Waals surface area contributed by atoms with Gasteiger partial charge in [-0.15, -0.1) is 0 Å². The van der Waals surface area contributed by atoms with Crippen LogP contribution in [-0.2, 0) is 10.7 Å². The maximum atomic E-state index is 14.4. The normalized spacial score (nSPS) is 18.6. The third-order valence-electron chi connectivity index (χ3n) is 7.03. The number of benzene rings is 1. The van der Waals surface area contributed by atoms with Crippen molar-refractivity contribution in [3.63, 3.8) is 0 Å². The van der Waals surface area contributed by atoms with Crippen LogP contribution in [0.4, 0.5) is 14.5 Å². The van der Waals surface area contributed by atoms with E-state index in [1.807, 2.05) is 6.07 Å². The molecule has 0 spiro atoms. The van der Waals surface area contributed by atoms with Gasteiger partial charge < -0.3 is 19.3 Å². The van der Waals surface area contributed by atoms with Crippen LogP contribution < -0.4 is 10.5 Å². The van der Waals surface area contributed by atoms with E-state index in [0.29, 0.717) is 54.4 Å². The lowest BCUT2D eigenvalue weighted by Gasteiger charge is -2.35. The number of piperidine rings is 1. The minimum Gasteiger partial charge on any atom is -0.504 e. The monoisotopic (exact) mass is 468 g/mol. The van der Waals surface area contributed by atoms with Gasteiger partial charge in [0.2, 0.25) is 0 Å². The largest absolute Gasteiger partial charge is 0.504 e. The molecule has 0 radical (unpaired) electrons. The molecule has 1 aliphatic carbocycles. The first kappa shape index (κ1) is 22.4. The van der Waals surface area contributed by atoms with Gasteiger partial charge in [0.1, 0.15) is 6.26 Å². The fraction of sp³-hybridized carbons (Fsp3) is 0.423. The zero-order chi connectivity index (χ0) is 24.2. The van der Waals surface area contributed by atoms with Crippen LogP contribution in [0.2, 0.25) is 0 Å². The predicted octanol–water partition coefficient (Wildman–Crippen LogP) is 4.69. The van der Waals surface area contributed by atoms with E-state index in [9.17, 15) is 23.5 Å². The van der Waals surface area contributed by atoms with Gasteiger partial charge in [0, 0.05) is 49.8 Å². The Hall–Kier alpha value is -3.38. The van der Waals surface area contributed by atoms with Crippen LogP contribution in [0, 0.1) is 0 Å². The lowest BCUT2D eigenvalue weighted by atomic mass is 9.89. The molecule has 34 heavy (non-hydrogen) atoms. The van der Waals surface area contributed by atoms with Crippen molar-refractivity contribution >= 4 is 17.7 Å². The second kappa shape index (κ2) is 8.13. The molecular formula is C26H26F2N2O4. The highest BCUT2D eigenvalue weighted by atomic mass is 19.3. The van der Waals surface area contributed by atoms with Gasteiger partial charge in [-0.1, -0.05) is 5.73 Å². The fourth-order valence-corrected chi connectivity index (χ4v) is 4.95. The number of hydrogen-bond acceptors (Lipinski definition) is 5. The molecule has 2 aromatic rings. The van der Waals surface area contributed by atoms with Gasteiger partial charge in [0.25, 0.3) is 11.8 Å². The summed E-state index contributed by atoms with van der Waals surface area (Å²) in [5.41, 5.74) is 5.13. The summed E-state index contributed by atoms with van der Waals surface area (Å²) in [6.07, 6.45) is 5.68. The summed E-state index contributed by atoms with van der Waals surface area (Å²) in [6.45, 7) is 1.78. The number of fused-ring (bicyclic) bond motifs is 1. The van der Waals surface area contributed by atoms with E-state index in [1.54, 1.807) is 22.9 Å². The average Bonchev–Trinajstić information content (AvgIpc) is 3.65. The molecule has 1 N–H and O–H groups in total. The standard InChI is InChI=1S/C26H26F2N2O4/c1-26(27,28)20-11-17(15-3-4-15)12-22-18(20)5-6-21(29(22)2)25(33)30-9-7-16(8-10-30)19-13-24(32)34-14-23(19)31/h5,11-16,31H,3-4,7-10H2,1-2H3. The van der Waals surface area contributed by atoms with Crippen molar-refractivity contribution in [2.24, 2.45) is 0 Å². The highest BCUT2D eigenvalue weighted by Gasteiger charge is 2.36. The molecule has 0 bridgehead atoms. The third kappa shape index (κ3) is 4.03. The Balaban J connectivity index is 1.39. The molecule has 1 saturated heterocycles. The second-order valence-corrected chi connectivity index (χ2v) is 9.47. The molecule has 1 saturated carbocycles. The zero-order valence-corrected chi connectivity index (χ0v) is 19.1. The summed E-state index contributed by atoms with van der Waals surface area (Å²) < 4.78 is 33.5. The molecule has 178 valence electrons. The van der Waals surface area contributed by atoms with E-state index in [2.05, 4.69) is 10.1 Å². The van der Waals surface area contributed by atoms with Gasteiger partial charge in [-0.3, -0.25) is 4.79 Å². The number of nitrogens with zero attached hydrogens (tertiary/aromatic N) is 2. The van der Waals surface area contributed by atoms with Gasteiger partial charge in [-0.05, 0) is 61.3 Å². The van der Waals surface area contributed by atoms with E-state index < -0.39 is 11.5 Å². The molecule has 3 aliphatic rings. The minimum atomic E-state index is -3.00. The number of carbonyl (C=O) groups is 1. The van der Waals surface area contributed by atoms with Gasteiger partial charge in [-0.25, -0.2) is 13.6 Å². The van der Waals surface area contributed by atoms with Crippen molar-refractivity contribution < 1.29 is 23.1 Å². The number of alkyl halides is 2. The Labute approximate surface area is 195 Å². The Morgan fingerprint density at radius 1 is 1.15 bits per heavy atom. The smallest absolute Gasteiger partial charge is 0.336 e. The number of carbonyl (C=O) groups excluding carboxylic acids is 1. The molecule has 1 amide bonds. The van der Waals surface area contributed by atoms with E-state index in [1.165, 1.54) is 12.1 Å². The average molecular weight is 469 g/mol. The maximum absolute atomic E-state index is 14.4. The van der Waals surface area contributed by atoms with Gasteiger partial charge >= 0.3 is 5.63 Å². The zero-order valence-electron chi connectivity index (χ0n) is 19.1. The molecular weight excluding hydrogens is 442 g/mol. The van der Waals surface area contributed by atoms with Crippen molar-refractivity contribution in [2.45, 2.75) is 50.4 Å². The van der Waals surface area contributed by atoms with E-state index >= 15 is 0 Å². The van der Waals surface area contributed by atoms with Crippen LogP contribution in [0.15, 0.2) is 45.1 Å². The van der Waals surface area contributed by atoms with Gasteiger partial charge in [0.15, 0.2) is 11.4 Å². The first-order chi connectivity index (χ1) is 16.1. The summed E-state index contributed by atoms with van der Waals surface area (Å²) in [5, 5.41) is 10.0. The highest BCUT2D eigenvalue weighted by Crippen LogP contribution is 2.46. The third-order valence-corrected chi connectivity index (χ3v) is 7.03. The van der Waals surface area contributed by atoms with E-state index in [4.69, 9.17) is 0 Å².